The first-order valence-electron chi connectivity index (χ1n) is 6.43. The Hall–Kier alpha value is -2.28. The zero-order valence-electron chi connectivity index (χ0n) is 12.7. The molecule has 116 valence electrons. The number of carboxylic acids is 1. The molecule has 0 unspecified atom stereocenters. The predicted octanol–water partition coefficient (Wildman–Crippen LogP) is 1.42. The van der Waals surface area contributed by atoms with E-state index in [1.165, 1.54) is 30.2 Å². The number of rotatable bonds is 6. The number of benzene rings is 1. The maximum atomic E-state index is 12.1. The van der Waals surface area contributed by atoms with Crippen LogP contribution in [0.15, 0.2) is 18.2 Å². The van der Waals surface area contributed by atoms with Gasteiger partial charge in [0, 0.05) is 20.1 Å². The molecule has 0 saturated carbocycles. The summed E-state index contributed by atoms with van der Waals surface area (Å²) in [6.45, 7) is 1.29. The molecular weight excluding hydrogens is 274 g/mol. The lowest BCUT2D eigenvalue weighted by Crippen LogP contribution is -2.36. The topological polar surface area (TPSA) is 82.1 Å². The number of nitrogens with zero attached hydrogens (tertiary/aromatic N) is 2. The number of aromatic carboxylic acids is 1. The molecule has 0 atom stereocenters. The van der Waals surface area contributed by atoms with Crippen LogP contribution in [0.5, 0.6) is 5.75 Å². The van der Waals surface area contributed by atoms with Crippen molar-refractivity contribution < 1.29 is 19.4 Å². The number of carbonyl (C=O) groups excluding carboxylic acids is 1. The van der Waals surface area contributed by atoms with Crippen molar-refractivity contribution in [2.24, 2.45) is 0 Å². The number of carbonyl (C=O) groups is 2. The van der Waals surface area contributed by atoms with E-state index in [2.05, 4.69) is 5.32 Å². The summed E-state index contributed by atoms with van der Waals surface area (Å²) < 4.78 is 5.12. The van der Waals surface area contributed by atoms with Gasteiger partial charge in [-0.2, -0.15) is 0 Å². The molecule has 21 heavy (non-hydrogen) atoms. The van der Waals surface area contributed by atoms with Gasteiger partial charge in [-0.15, -0.1) is 0 Å². The third-order valence-electron chi connectivity index (χ3n) is 2.92. The largest absolute Gasteiger partial charge is 0.495 e. The summed E-state index contributed by atoms with van der Waals surface area (Å²) >= 11 is 0. The zero-order chi connectivity index (χ0) is 16.0. The molecule has 0 aromatic heterocycles. The second-order valence-electron chi connectivity index (χ2n) is 4.88. The number of ether oxygens (including phenoxy) is 1. The fourth-order valence-corrected chi connectivity index (χ4v) is 1.60. The van der Waals surface area contributed by atoms with Gasteiger partial charge in [-0.05, 0) is 32.3 Å². The minimum atomic E-state index is -1.06. The van der Waals surface area contributed by atoms with E-state index in [0.717, 1.165) is 6.54 Å². The van der Waals surface area contributed by atoms with Crippen molar-refractivity contribution in [3.63, 3.8) is 0 Å². The maximum absolute atomic E-state index is 12.1. The van der Waals surface area contributed by atoms with Gasteiger partial charge in [0.1, 0.15) is 5.75 Å². The predicted molar refractivity (Wildman–Crippen MR) is 80.2 cm³/mol. The van der Waals surface area contributed by atoms with E-state index in [0.29, 0.717) is 18.0 Å². The second kappa shape index (κ2) is 7.49. The van der Waals surface area contributed by atoms with Crippen LogP contribution in [-0.2, 0) is 0 Å². The van der Waals surface area contributed by atoms with Crippen molar-refractivity contribution in [3.8, 4) is 5.75 Å². The smallest absolute Gasteiger partial charge is 0.335 e. The molecule has 1 aromatic carbocycles. The number of hydrogen-bond donors (Lipinski definition) is 2. The standard InChI is InChI=1S/C14H21N3O4/c1-16(2)7-8-17(3)14(20)15-11-9-10(13(18)19)5-6-12(11)21-4/h5-6,9H,7-8H2,1-4H3,(H,15,20)(H,18,19). The Kier molecular flexibility index (Phi) is 5.98. The lowest BCUT2D eigenvalue weighted by Gasteiger charge is -2.21. The van der Waals surface area contributed by atoms with Crippen molar-refractivity contribution in [1.82, 2.24) is 9.80 Å². The first kappa shape index (κ1) is 16.8. The highest BCUT2D eigenvalue weighted by molar-refractivity contribution is 5.94. The van der Waals surface area contributed by atoms with Crippen LogP contribution in [-0.4, -0.2) is 68.2 Å². The molecule has 0 bridgehead atoms. The normalized spacial score (nSPS) is 10.3. The average Bonchev–Trinajstić information content (AvgIpc) is 2.44. The van der Waals surface area contributed by atoms with Gasteiger partial charge in [-0.3, -0.25) is 0 Å². The number of methoxy groups -OCH3 is 1. The fourth-order valence-electron chi connectivity index (χ4n) is 1.60. The molecule has 0 saturated heterocycles. The molecule has 0 fully saturated rings. The molecule has 7 nitrogen and oxygen atoms in total. The number of urea groups is 1. The van der Waals surface area contributed by atoms with Gasteiger partial charge in [0.2, 0.25) is 0 Å². The van der Waals surface area contributed by atoms with Crippen molar-refractivity contribution in [3.05, 3.63) is 23.8 Å². The SMILES string of the molecule is COc1ccc(C(=O)O)cc1NC(=O)N(C)CCN(C)C. The van der Waals surface area contributed by atoms with Crippen molar-refractivity contribution in [2.45, 2.75) is 0 Å². The number of carboxylic acid groups (broad SMARTS) is 1. The van der Waals surface area contributed by atoms with Gasteiger partial charge in [0.25, 0.3) is 0 Å². The molecule has 0 aliphatic rings. The number of nitrogens with one attached hydrogen (secondary N) is 1. The van der Waals surface area contributed by atoms with Crippen LogP contribution in [0.4, 0.5) is 10.5 Å². The molecular formula is C14H21N3O4. The Labute approximate surface area is 124 Å². The van der Waals surface area contributed by atoms with Crippen LogP contribution in [0.25, 0.3) is 0 Å². The van der Waals surface area contributed by atoms with E-state index < -0.39 is 5.97 Å². The zero-order valence-corrected chi connectivity index (χ0v) is 12.7. The van der Waals surface area contributed by atoms with Crippen molar-refractivity contribution in [2.75, 3.05) is 46.7 Å². The number of likely N-dealkylation sites (N-methyl/N-ethyl adjacent to an activating group) is 2. The number of amides is 2. The van der Waals surface area contributed by atoms with E-state index in [-0.39, 0.29) is 11.6 Å². The Balaban J connectivity index is 2.82. The maximum Gasteiger partial charge on any atom is 0.335 e. The average molecular weight is 295 g/mol. The molecule has 0 aliphatic carbocycles. The number of hydrogen-bond acceptors (Lipinski definition) is 4. The van der Waals surface area contributed by atoms with Crippen LogP contribution < -0.4 is 10.1 Å². The summed E-state index contributed by atoms with van der Waals surface area (Å²) in [5, 5.41) is 11.7. The Bertz CT molecular complexity index is 517. The lowest BCUT2D eigenvalue weighted by molar-refractivity contribution is 0.0697. The van der Waals surface area contributed by atoms with E-state index in [9.17, 15) is 9.59 Å². The molecule has 7 heteroatoms. The van der Waals surface area contributed by atoms with Gasteiger partial charge in [-0.25, -0.2) is 9.59 Å². The minimum absolute atomic E-state index is 0.0852. The highest BCUT2D eigenvalue weighted by atomic mass is 16.5. The molecule has 0 spiro atoms. The van der Waals surface area contributed by atoms with Gasteiger partial charge in [-0.1, -0.05) is 0 Å². The number of anilines is 1. The molecule has 0 radical (unpaired) electrons. The van der Waals surface area contributed by atoms with Gasteiger partial charge < -0.3 is 25.0 Å². The molecule has 1 rings (SSSR count). The third kappa shape index (κ3) is 4.96. The summed E-state index contributed by atoms with van der Waals surface area (Å²) in [4.78, 5) is 26.5. The van der Waals surface area contributed by atoms with E-state index in [1.807, 2.05) is 19.0 Å². The Morgan fingerprint density at radius 2 is 1.90 bits per heavy atom. The van der Waals surface area contributed by atoms with Crippen LogP contribution in [0.2, 0.25) is 0 Å². The van der Waals surface area contributed by atoms with Crippen molar-refractivity contribution >= 4 is 17.7 Å². The minimum Gasteiger partial charge on any atom is -0.495 e. The summed E-state index contributed by atoms with van der Waals surface area (Å²) in [6.07, 6.45) is 0. The van der Waals surface area contributed by atoms with Crippen LogP contribution in [0.1, 0.15) is 10.4 Å². The summed E-state index contributed by atoms with van der Waals surface area (Å²) in [5.74, 6) is -0.650. The van der Waals surface area contributed by atoms with Gasteiger partial charge in [0.05, 0.1) is 18.4 Å². The Morgan fingerprint density at radius 3 is 2.43 bits per heavy atom. The highest BCUT2D eigenvalue weighted by Gasteiger charge is 2.14. The molecule has 1 aromatic rings. The first-order chi connectivity index (χ1) is 9.85. The van der Waals surface area contributed by atoms with Crippen LogP contribution in [0.3, 0.4) is 0 Å². The molecule has 0 aliphatic heterocycles. The van der Waals surface area contributed by atoms with E-state index in [4.69, 9.17) is 9.84 Å². The molecule has 0 heterocycles. The molecule has 2 N–H and O–H groups in total. The fraction of sp³-hybridized carbons (Fsp3) is 0.429. The van der Waals surface area contributed by atoms with E-state index >= 15 is 0 Å². The van der Waals surface area contributed by atoms with Crippen LogP contribution >= 0.6 is 0 Å². The monoisotopic (exact) mass is 295 g/mol. The Morgan fingerprint density at radius 1 is 1.24 bits per heavy atom. The van der Waals surface area contributed by atoms with Crippen LogP contribution in [0, 0.1) is 0 Å². The lowest BCUT2D eigenvalue weighted by atomic mass is 10.2. The third-order valence-corrected chi connectivity index (χ3v) is 2.92. The molecule has 2 amide bonds. The summed E-state index contributed by atoms with van der Waals surface area (Å²) in [7, 11) is 6.98. The van der Waals surface area contributed by atoms with Crippen molar-refractivity contribution in [1.29, 1.82) is 0 Å². The second-order valence-corrected chi connectivity index (χ2v) is 4.88. The highest BCUT2D eigenvalue weighted by Crippen LogP contribution is 2.25. The van der Waals surface area contributed by atoms with Gasteiger partial charge in [0.15, 0.2) is 0 Å². The summed E-state index contributed by atoms with van der Waals surface area (Å²) in [5.41, 5.74) is 0.418. The van der Waals surface area contributed by atoms with Gasteiger partial charge >= 0.3 is 12.0 Å². The quantitative estimate of drug-likeness (QED) is 0.829. The van der Waals surface area contributed by atoms with E-state index in [1.54, 1.807) is 7.05 Å². The first-order valence-corrected chi connectivity index (χ1v) is 6.43. The summed E-state index contributed by atoms with van der Waals surface area (Å²) in [6, 6.07) is 3.99.